The number of imide groups is 1. The molecular formula is C29H20F3NO5. The molecule has 2 aliphatic heterocycles. The first-order valence-electron chi connectivity index (χ1n) is 12.1. The highest BCUT2D eigenvalue weighted by atomic mass is 19.4. The van der Waals surface area contributed by atoms with Gasteiger partial charge in [-0.1, -0.05) is 55.5 Å². The van der Waals surface area contributed by atoms with E-state index in [9.17, 15) is 32.3 Å². The number of anilines is 1. The number of ketones is 2. The first-order valence-corrected chi connectivity index (χ1v) is 12.1. The van der Waals surface area contributed by atoms with Crippen molar-refractivity contribution in [1.82, 2.24) is 0 Å². The summed E-state index contributed by atoms with van der Waals surface area (Å²) < 4.78 is 45.5. The van der Waals surface area contributed by atoms with E-state index in [1.807, 2.05) is 19.1 Å². The number of alkyl halides is 3. The molecule has 3 aliphatic rings. The Labute approximate surface area is 215 Å². The molecule has 6 nitrogen and oxygen atoms in total. The van der Waals surface area contributed by atoms with Crippen molar-refractivity contribution in [2.75, 3.05) is 4.90 Å². The maximum Gasteiger partial charge on any atom is 0.416 e. The van der Waals surface area contributed by atoms with Gasteiger partial charge in [0.1, 0.15) is 0 Å². The second-order valence-electron chi connectivity index (χ2n) is 9.63. The van der Waals surface area contributed by atoms with Gasteiger partial charge in [-0.25, -0.2) is 4.90 Å². The van der Waals surface area contributed by atoms with Gasteiger partial charge in [-0.05, 0) is 41.8 Å². The van der Waals surface area contributed by atoms with Gasteiger partial charge < -0.3 is 4.74 Å². The molecule has 2 heterocycles. The lowest BCUT2D eigenvalue weighted by atomic mass is 9.77. The minimum atomic E-state index is -4.60. The number of aryl methyl sites for hydroxylation is 1. The van der Waals surface area contributed by atoms with Crippen LogP contribution >= 0.6 is 0 Å². The van der Waals surface area contributed by atoms with Crippen LogP contribution in [0.2, 0.25) is 0 Å². The molecule has 38 heavy (non-hydrogen) atoms. The number of carbonyl (C=O) groups excluding carboxylic acids is 4. The smallest absolute Gasteiger partial charge is 0.349 e. The third-order valence-electron chi connectivity index (χ3n) is 7.69. The molecule has 1 aliphatic carbocycles. The van der Waals surface area contributed by atoms with Crippen LogP contribution in [-0.2, 0) is 26.9 Å². The number of benzene rings is 3. The Morgan fingerprint density at radius 1 is 0.816 bits per heavy atom. The van der Waals surface area contributed by atoms with Crippen LogP contribution in [0, 0.1) is 11.8 Å². The molecule has 0 aromatic heterocycles. The molecule has 0 bridgehead atoms. The number of hydrogen-bond donors (Lipinski definition) is 0. The van der Waals surface area contributed by atoms with Crippen molar-refractivity contribution in [3.8, 4) is 0 Å². The largest absolute Gasteiger partial charge is 0.416 e. The lowest BCUT2D eigenvalue weighted by Gasteiger charge is -2.27. The molecule has 192 valence electrons. The van der Waals surface area contributed by atoms with Crippen LogP contribution in [0.1, 0.15) is 50.4 Å². The summed E-state index contributed by atoms with van der Waals surface area (Å²) in [5, 5.41) is 0. The van der Waals surface area contributed by atoms with E-state index < -0.39 is 58.7 Å². The van der Waals surface area contributed by atoms with Crippen molar-refractivity contribution in [1.29, 1.82) is 0 Å². The van der Waals surface area contributed by atoms with Crippen LogP contribution in [-0.4, -0.2) is 29.0 Å². The van der Waals surface area contributed by atoms with Gasteiger partial charge in [0.05, 0.1) is 29.2 Å². The molecule has 6 rings (SSSR count). The molecule has 3 atom stereocenters. The van der Waals surface area contributed by atoms with E-state index >= 15 is 0 Å². The molecule has 3 aromatic rings. The summed E-state index contributed by atoms with van der Waals surface area (Å²) in [6.07, 6.45) is -4.94. The standard InChI is InChI=1S/C29H20F3NO5/c1-2-15-7-9-16(10-8-15)23-21-22(28(38-23)24(34)19-5-3-4-6-20(19)25(28)35)27(37)33(26(21)36)18-13-11-17(12-14-18)29(30,31)32/h3-14,21-23H,2H2,1H3/t21-,22+,23+/m1/s1. The molecule has 0 saturated carbocycles. The lowest BCUT2D eigenvalue weighted by molar-refractivity contribution is -0.137. The predicted octanol–water partition coefficient (Wildman–Crippen LogP) is 4.96. The summed E-state index contributed by atoms with van der Waals surface area (Å²) >= 11 is 0. The van der Waals surface area contributed by atoms with Crippen LogP contribution in [0.4, 0.5) is 18.9 Å². The van der Waals surface area contributed by atoms with E-state index in [1.165, 1.54) is 12.1 Å². The number of nitrogens with zero attached hydrogens (tertiary/aromatic N) is 1. The number of Topliss-reactive ketones (excluding diaryl/α,β-unsaturated/α-hetero) is 2. The first kappa shape index (κ1) is 24.2. The molecule has 0 N–H and O–H groups in total. The molecule has 2 fully saturated rings. The van der Waals surface area contributed by atoms with E-state index in [-0.39, 0.29) is 16.8 Å². The lowest BCUT2D eigenvalue weighted by Crippen LogP contribution is -2.51. The Morgan fingerprint density at radius 3 is 1.92 bits per heavy atom. The molecule has 0 unspecified atom stereocenters. The van der Waals surface area contributed by atoms with Gasteiger partial charge in [-0.3, -0.25) is 19.2 Å². The summed E-state index contributed by atoms with van der Waals surface area (Å²) in [5.41, 5.74) is -1.52. The zero-order chi connectivity index (χ0) is 27.0. The Kier molecular flexibility index (Phi) is 5.23. The van der Waals surface area contributed by atoms with Gasteiger partial charge in [-0.2, -0.15) is 13.2 Å². The van der Waals surface area contributed by atoms with E-state index in [2.05, 4.69) is 0 Å². The average Bonchev–Trinajstić information content (AvgIpc) is 3.48. The molecule has 2 amide bonds. The highest BCUT2D eigenvalue weighted by molar-refractivity contribution is 6.37. The van der Waals surface area contributed by atoms with Crippen molar-refractivity contribution in [3.63, 3.8) is 0 Å². The summed E-state index contributed by atoms with van der Waals surface area (Å²) in [6.45, 7) is 1.97. The zero-order valence-corrected chi connectivity index (χ0v) is 20.0. The van der Waals surface area contributed by atoms with Gasteiger partial charge in [0, 0.05) is 11.1 Å². The Balaban J connectivity index is 1.49. The SMILES string of the molecule is CCc1ccc([C@@H]2OC3(C(=O)c4ccccc4C3=O)[C@@H]3C(=O)N(c4ccc(C(F)(F)F)cc4)C(=O)[C@H]32)cc1. The molecule has 3 aromatic carbocycles. The fourth-order valence-corrected chi connectivity index (χ4v) is 5.82. The Hall–Kier alpha value is -4.11. The van der Waals surface area contributed by atoms with Crippen LogP contribution in [0.5, 0.6) is 0 Å². The second kappa shape index (κ2) is 8.19. The number of hydrogen-bond acceptors (Lipinski definition) is 5. The van der Waals surface area contributed by atoms with Gasteiger partial charge in [0.15, 0.2) is 0 Å². The maximum atomic E-state index is 13.9. The van der Waals surface area contributed by atoms with E-state index in [1.54, 1.807) is 24.3 Å². The van der Waals surface area contributed by atoms with Crippen LogP contribution in [0.3, 0.4) is 0 Å². The molecular weight excluding hydrogens is 499 g/mol. The van der Waals surface area contributed by atoms with Crippen LogP contribution in [0.15, 0.2) is 72.8 Å². The molecule has 0 radical (unpaired) electrons. The van der Waals surface area contributed by atoms with Gasteiger partial charge >= 0.3 is 6.18 Å². The van der Waals surface area contributed by atoms with Crippen molar-refractivity contribution < 1.29 is 37.1 Å². The van der Waals surface area contributed by atoms with Gasteiger partial charge in [0.2, 0.25) is 29.0 Å². The number of amides is 2. The summed E-state index contributed by atoms with van der Waals surface area (Å²) in [4.78, 5) is 55.9. The Bertz CT molecular complexity index is 1480. The predicted molar refractivity (Wildman–Crippen MR) is 128 cm³/mol. The number of halogens is 3. The fourth-order valence-electron chi connectivity index (χ4n) is 5.82. The highest BCUT2D eigenvalue weighted by Crippen LogP contribution is 2.57. The van der Waals surface area contributed by atoms with Crippen molar-refractivity contribution in [2.45, 2.75) is 31.2 Å². The molecule has 2 saturated heterocycles. The quantitative estimate of drug-likeness (QED) is 0.361. The van der Waals surface area contributed by atoms with Crippen molar-refractivity contribution in [3.05, 3.63) is 101 Å². The number of rotatable bonds is 3. The van der Waals surface area contributed by atoms with E-state index in [0.717, 1.165) is 41.1 Å². The van der Waals surface area contributed by atoms with Crippen LogP contribution in [0.25, 0.3) is 0 Å². The number of ether oxygens (including phenoxy) is 1. The molecule has 9 heteroatoms. The van der Waals surface area contributed by atoms with E-state index in [4.69, 9.17) is 4.74 Å². The highest BCUT2D eigenvalue weighted by Gasteiger charge is 2.74. The van der Waals surface area contributed by atoms with Crippen LogP contribution < -0.4 is 4.90 Å². The fraction of sp³-hybridized carbons (Fsp3) is 0.241. The zero-order valence-electron chi connectivity index (χ0n) is 20.0. The minimum Gasteiger partial charge on any atom is -0.349 e. The average molecular weight is 519 g/mol. The third kappa shape index (κ3) is 3.18. The summed E-state index contributed by atoms with van der Waals surface area (Å²) in [5.74, 6) is -5.69. The van der Waals surface area contributed by atoms with Gasteiger partial charge in [0.25, 0.3) is 0 Å². The summed E-state index contributed by atoms with van der Waals surface area (Å²) in [7, 11) is 0. The number of carbonyl (C=O) groups is 4. The third-order valence-corrected chi connectivity index (χ3v) is 7.69. The maximum absolute atomic E-state index is 13.9. The first-order chi connectivity index (χ1) is 18.1. The number of fused-ring (bicyclic) bond motifs is 3. The topological polar surface area (TPSA) is 80.8 Å². The Morgan fingerprint density at radius 2 is 1.39 bits per heavy atom. The summed E-state index contributed by atoms with van der Waals surface area (Å²) in [6, 6.07) is 16.9. The monoisotopic (exact) mass is 519 g/mol. The normalized spacial score (nSPS) is 23.9. The van der Waals surface area contributed by atoms with Gasteiger partial charge in [-0.15, -0.1) is 0 Å². The van der Waals surface area contributed by atoms with Crippen molar-refractivity contribution >= 4 is 29.1 Å². The van der Waals surface area contributed by atoms with E-state index in [0.29, 0.717) is 5.56 Å². The molecule has 1 spiro atoms. The van der Waals surface area contributed by atoms with Crippen molar-refractivity contribution in [2.24, 2.45) is 11.8 Å². The second-order valence-corrected chi connectivity index (χ2v) is 9.63. The minimum absolute atomic E-state index is 0.0759.